The molecule has 4 amide bonds. The van der Waals surface area contributed by atoms with Gasteiger partial charge < -0.3 is 15.5 Å². The summed E-state index contributed by atoms with van der Waals surface area (Å²) in [5.41, 5.74) is 6.67. The van der Waals surface area contributed by atoms with Crippen molar-refractivity contribution in [3.05, 3.63) is 65.5 Å². The van der Waals surface area contributed by atoms with Crippen LogP contribution in [0.4, 0.5) is 14.9 Å². The Bertz CT molecular complexity index is 852. The third-order valence-electron chi connectivity index (χ3n) is 4.35. The van der Waals surface area contributed by atoms with Gasteiger partial charge in [-0.15, -0.1) is 0 Å². The minimum atomic E-state index is -0.583. The highest BCUT2D eigenvalue weighted by Crippen LogP contribution is 2.14. The molecule has 30 heavy (non-hydrogen) atoms. The second kappa shape index (κ2) is 11.4. The molecule has 4 N–H and O–H groups in total. The molecule has 160 valence electrons. The van der Waals surface area contributed by atoms with Gasteiger partial charge in [-0.25, -0.2) is 9.18 Å². The molecule has 0 spiro atoms. The number of amides is 4. The fourth-order valence-electron chi connectivity index (χ4n) is 2.66. The molecule has 0 heterocycles. The lowest BCUT2D eigenvalue weighted by Gasteiger charge is -2.21. The van der Waals surface area contributed by atoms with Crippen LogP contribution in [0.15, 0.2) is 48.5 Å². The number of hydrogen-bond donors (Lipinski definition) is 4. The SMILES string of the molecule is CCN(CC)c1ccc(C(=O)NNC(=O)CNC(=O)NCc2ccc(F)cc2)cc1. The first-order valence-corrected chi connectivity index (χ1v) is 9.63. The fraction of sp³-hybridized carbons (Fsp3) is 0.286. The second-order valence-electron chi connectivity index (χ2n) is 6.38. The van der Waals surface area contributed by atoms with Crippen molar-refractivity contribution in [3.63, 3.8) is 0 Å². The summed E-state index contributed by atoms with van der Waals surface area (Å²) in [6.45, 7) is 5.70. The highest BCUT2D eigenvalue weighted by atomic mass is 19.1. The number of hydrogen-bond acceptors (Lipinski definition) is 4. The summed E-state index contributed by atoms with van der Waals surface area (Å²) < 4.78 is 12.8. The molecule has 2 aromatic rings. The normalized spacial score (nSPS) is 10.1. The van der Waals surface area contributed by atoms with Crippen LogP contribution in [0.1, 0.15) is 29.8 Å². The van der Waals surface area contributed by atoms with Crippen molar-refractivity contribution in [3.8, 4) is 0 Å². The Hall–Kier alpha value is -3.62. The molecule has 0 aliphatic rings. The summed E-state index contributed by atoms with van der Waals surface area (Å²) in [6, 6.07) is 12.2. The molecular weight excluding hydrogens is 389 g/mol. The van der Waals surface area contributed by atoms with Gasteiger partial charge in [0.25, 0.3) is 11.8 Å². The number of nitrogens with zero attached hydrogens (tertiary/aromatic N) is 1. The first-order valence-electron chi connectivity index (χ1n) is 9.63. The van der Waals surface area contributed by atoms with Crippen LogP contribution in [-0.4, -0.2) is 37.5 Å². The van der Waals surface area contributed by atoms with E-state index in [-0.39, 0.29) is 18.9 Å². The Labute approximate surface area is 174 Å². The van der Waals surface area contributed by atoms with Gasteiger partial charge in [-0.05, 0) is 55.8 Å². The molecule has 8 nitrogen and oxygen atoms in total. The summed E-state index contributed by atoms with van der Waals surface area (Å²) in [6.07, 6.45) is 0. The van der Waals surface area contributed by atoms with E-state index in [9.17, 15) is 18.8 Å². The zero-order chi connectivity index (χ0) is 21.9. The Morgan fingerprint density at radius 2 is 1.50 bits per heavy atom. The van der Waals surface area contributed by atoms with E-state index < -0.39 is 17.8 Å². The van der Waals surface area contributed by atoms with Crippen LogP contribution < -0.4 is 26.4 Å². The molecule has 0 fully saturated rings. The van der Waals surface area contributed by atoms with Crippen molar-refractivity contribution in [2.75, 3.05) is 24.5 Å². The van der Waals surface area contributed by atoms with E-state index in [1.807, 2.05) is 12.1 Å². The molecule has 9 heteroatoms. The van der Waals surface area contributed by atoms with Gasteiger partial charge in [-0.3, -0.25) is 20.4 Å². The third-order valence-corrected chi connectivity index (χ3v) is 4.35. The van der Waals surface area contributed by atoms with Crippen LogP contribution in [0.25, 0.3) is 0 Å². The van der Waals surface area contributed by atoms with Crippen molar-refractivity contribution in [1.29, 1.82) is 0 Å². The lowest BCUT2D eigenvalue weighted by molar-refractivity contribution is -0.120. The molecule has 0 unspecified atom stereocenters. The van der Waals surface area contributed by atoms with Crippen molar-refractivity contribution >= 4 is 23.5 Å². The van der Waals surface area contributed by atoms with Crippen molar-refractivity contribution in [2.45, 2.75) is 20.4 Å². The third kappa shape index (κ3) is 7.08. The van der Waals surface area contributed by atoms with E-state index in [4.69, 9.17) is 0 Å². The number of nitrogens with one attached hydrogen (secondary N) is 4. The predicted molar refractivity (Wildman–Crippen MR) is 112 cm³/mol. The van der Waals surface area contributed by atoms with Crippen molar-refractivity contribution in [2.24, 2.45) is 0 Å². The van der Waals surface area contributed by atoms with Gasteiger partial charge in [-0.1, -0.05) is 12.1 Å². The van der Waals surface area contributed by atoms with Gasteiger partial charge in [-0.2, -0.15) is 0 Å². The number of carbonyl (C=O) groups excluding carboxylic acids is 3. The smallest absolute Gasteiger partial charge is 0.315 e. The van der Waals surface area contributed by atoms with Gasteiger partial charge in [0.15, 0.2) is 0 Å². The molecule has 0 saturated heterocycles. The maximum atomic E-state index is 12.8. The molecule has 0 atom stereocenters. The van der Waals surface area contributed by atoms with E-state index in [1.54, 1.807) is 24.3 Å². The fourth-order valence-corrected chi connectivity index (χ4v) is 2.66. The van der Waals surface area contributed by atoms with Gasteiger partial charge in [0.1, 0.15) is 12.4 Å². The molecule has 0 aliphatic heterocycles. The number of carbonyl (C=O) groups is 3. The Balaban J connectivity index is 1.70. The van der Waals surface area contributed by atoms with E-state index in [2.05, 4.69) is 40.2 Å². The lowest BCUT2D eigenvalue weighted by Crippen LogP contribution is -2.47. The average Bonchev–Trinajstić information content (AvgIpc) is 2.77. The number of urea groups is 1. The maximum absolute atomic E-state index is 12.8. The van der Waals surface area contributed by atoms with Gasteiger partial charge in [0.05, 0.1) is 0 Å². The second-order valence-corrected chi connectivity index (χ2v) is 6.38. The molecule has 0 bridgehead atoms. The number of halogens is 1. The van der Waals surface area contributed by atoms with Crippen LogP contribution >= 0.6 is 0 Å². The van der Waals surface area contributed by atoms with Gasteiger partial charge >= 0.3 is 6.03 Å². The van der Waals surface area contributed by atoms with Crippen LogP contribution in [0, 0.1) is 5.82 Å². The Morgan fingerprint density at radius 3 is 2.10 bits per heavy atom. The van der Waals surface area contributed by atoms with Crippen LogP contribution in [-0.2, 0) is 11.3 Å². The minimum absolute atomic E-state index is 0.188. The molecule has 2 rings (SSSR count). The molecule has 0 radical (unpaired) electrons. The number of anilines is 1. The predicted octanol–water partition coefficient (Wildman–Crippen LogP) is 1.93. The molecule has 0 aliphatic carbocycles. The lowest BCUT2D eigenvalue weighted by atomic mass is 10.2. The highest BCUT2D eigenvalue weighted by molar-refractivity contribution is 5.96. The summed E-state index contributed by atoms with van der Waals surface area (Å²) in [7, 11) is 0. The minimum Gasteiger partial charge on any atom is -0.372 e. The van der Waals surface area contributed by atoms with Gasteiger partial charge in [0.2, 0.25) is 0 Å². The molecule has 2 aromatic carbocycles. The molecular formula is C21H26FN5O3. The standard InChI is InChI=1S/C21H26FN5O3/c1-3-27(4-2)18-11-7-16(8-12-18)20(29)26-25-19(28)14-24-21(30)23-13-15-5-9-17(22)10-6-15/h5-12H,3-4,13-14H2,1-2H3,(H,25,28)(H,26,29)(H2,23,24,30). The number of hydrazine groups is 1. The topological polar surface area (TPSA) is 103 Å². The van der Waals surface area contributed by atoms with E-state index >= 15 is 0 Å². The van der Waals surface area contributed by atoms with Crippen LogP contribution in [0.5, 0.6) is 0 Å². The molecule has 0 aromatic heterocycles. The number of rotatable bonds is 8. The van der Waals surface area contributed by atoms with E-state index in [1.165, 1.54) is 12.1 Å². The summed E-state index contributed by atoms with van der Waals surface area (Å²) in [4.78, 5) is 37.8. The summed E-state index contributed by atoms with van der Waals surface area (Å²) in [5, 5.41) is 4.91. The van der Waals surface area contributed by atoms with E-state index in [0.717, 1.165) is 24.3 Å². The largest absolute Gasteiger partial charge is 0.372 e. The van der Waals surface area contributed by atoms with E-state index in [0.29, 0.717) is 5.56 Å². The maximum Gasteiger partial charge on any atom is 0.315 e. The Morgan fingerprint density at radius 1 is 0.867 bits per heavy atom. The highest BCUT2D eigenvalue weighted by Gasteiger charge is 2.10. The van der Waals surface area contributed by atoms with Crippen LogP contribution in [0.3, 0.4) is 0 Å². The zero-order valence-corrected chi connectivity index (χ0v) is 17.0. The first-order chi connectivity index (χ1) is 14.4. The monoisotopic (exact) mass is 415 g/mol. The van der Waals surface area contributed by atoms with Crippen LogP contribution in [0.2, 0.25) is 0 Å². The molecule has 0 saturated carbocycles. The summed E-state index contributed by atoms with van der Waals surface area (Å²) in [5.74, 6) is -1.41. The zero-order valence-electron chi connectivity index (χ0n) is 17.0. The first kappa shape index (κ1) is 22.7. The average molecular weight is 415 g/mol. The van der Waals surface area contributed by atoms with Crippen molar-refractivity contribution < 1.29 is 18.8 Å². The quantitative estimate of drug-likeness (QED) is 0.495. The van der Waals surface area contributed by atoms with Gasteiger partial charge in [0, 0.05) is 30.9 Å². The Kier molecular flexibility index (Phi) is 8.61. The number of benzene rings is 2. The summed E-state index contributed by atoms with van der Waals surface area (Å²) >= 11 is 0. The van der Waals surface area contributed by atoms with Crippen molar-refractivity contribution in [1.82, 2.24) is 21.5 Å².